The Hall–Kier alpha value is -2.96. The maximum absolute atomic E-state index is 13.6. The van der Waals surface area contributed by atoms with Gasteiger partial charge in [-0.2, -0.15) is 4.31 Å². The summed E-state index contributed by atoms with van der Waals surface area (Å²) < 4.78 is 60.5. The van der Waals surface area contributed by atoms with Crippen LogP contribution in [-0.2, 0) is 29.6 Å². The number of ether oxygens (including phenoxy) is 1. The summed E-state index contributed by atoms with van der Waals surface area (Å²) in [5, 5.41) is 3.10. The van der Waals surface area contributed by atoms with Crippen molar-refractivity contribution in [3.8, 4) is 0 Å². The molecule has 3 aromatic carbocycles. The molecule has 3 aromatic rings. The maximum Gasteiger partial charge on any atom is 0.264 e. The van der Waals surface area contributed by atoms with Gasteiger partial charge in [-0.05, 0) is 74.0 Å². The molecule has 1 saturated heterocycles. The number of benzene rings is 3. The van der Waals surface area contributed by atoms with Crippen molar-refractivity contribution < 1.29 is 26.4 Å². The average Bonchev–Trinajstić information content (AvgIpc) is 2.89. The van der Waals surface area contributed by atoms with Crippen molar-refractivity contribution in [2.24, 2.45) is 0 Å². The van der Waals surface area contributed by atoms with Crippen LogP contribution in [0.4, 0.5) is 11.4 Å². The minimum Gasteiger partial charge on any atom is -0.379 e. The van der Waals surface area contributed by atoms with Gasteiger partial charge in [-0.25, -0.2) is 16.8 Å². The zero-order valence-corrected chi connectivity index (χ0v) is 23.3. The first-order chi connectivity index (χ1) is 18.0. The van der Waals surface area contributed by atoms with Crippen molar-refractivity contribution in [3.63, 3.8) is 0 Å². The third-order valence-corrected chi connectivity index (χ3v) is 9.99. The van der Waals surface area contributed by atoms with E-state index in [-0.39, 0.29) is 22.9 Å². The Morgan fingerprint density at radius 2 is 1.53 bits per heavy atom. The fourth-order valence-corrected chi connectivity index (χ4v) is 7.13. The van der Waals surface area contributed by atoms with E-state index < -0.39 is 32.5 Å². The summed E-state index contributed by atoms with van der Waals surface area (Å²) in [5.41, 5.74) is 2.13. The Kier molecular flexibility index (Phi) is 8.43. The standard InChI is InChI=1S/C26H28ClN3O6S2/c1-19-3-8-24(9-4-19)38(34,35)30(25-12-5-21(27)17-20(25)2)18-26(31)28-22-6-10-23(11-7-22)37(32,33)29-13-15-36-16-14-29/h3-12,17H,13-16,18H2,1-2H3,(H,28,31). The molecule has 9 nitrogen and oxygen atoms in total. The molecule has 1 N–H and O–H groups in total. The minimum atomic E-state index is -4.10. The minimum absolute atomic E-state index is 0.0444. The summed E-state index contributed by atoms with van der Waals surface area (Å²) in [5.74, 6) is -0.598. The number of halogens is 1. The van der Waals surface area contributed by atoms with E-state index in [4.69, 9.17) is 16.3 Å². The first-order valence-electron chi connectivity index (χ1n) is 11.8. The number of rotatable bonds is 8. The van der Waals surface area contributed by atoms with Crippen molar-refractivity contribution >= 4 is 48.9 Å². The Balaban J connectivity index is 1.57. The monoisotopic (exact) mass is 577 g/mol. The largest absolute Gasteiger partial charge is 0.379 e. The van der Waals surface area contributed by atoms with Crippen LogP contribution in [0.25, 0.3) is 0 Å². The molecule has 0 radical (unpaired) electrons. The van der Waals surface area contributed by atoms with Crippen molar-refractivity contribution in [1.82, 2.24) is 4.31 Å². The molecule has 12 heteroatoms. The number of hydrogen-bond acceptors (Lipinski definition) is 6. The second-order valence-corrected chi connectivity index (χ2v) is 13.1. The lowest BCUT2D eigenvalue weighted by Crippen LogP contribution is -2.40. The van der Waals surface area contributed by atoms with Gasteiger partial charge in [0.2, 0.25) is 15.9 Å². The van der Waals surface area contributed by atoms with Crippen LogP contribution < -0.4 is 9.62 Å². The van der Waals surface area contributed by atoms with Crippen LogP contribution in [0, 0.1) is 13.8 Å². The van der Waals surface area contributed by atoms with Crippen LogP contribution in [0.3, 0.4) is 0 Å². The number of amides is 1. The summed E-state index contributed by atoms with van der Waals surface area (Å²) >= 11 is 6.08. The van der Waals surface area contributed by atoms with Gasteiger partial charge in [0.25, 0.3) is 10.0 Å². The van der Waals surface area contributed by atoms with E-state index in [9.17, 15) is 21.6 Å². The topological polar surface area (TPSA) is 113 Å². The molecule has 1 heterocycles. The lowest BCUT2D eigenvalue weighted by Gasteiger charge is -2.26. The predicted octanol–water partition coefficient (Wildman–Crippen LogP) is 3.81. The molecule has 0 bridgehead atoms. The molecule has 0 spiro atoms. The van der Waals surface area contributed by atoms with E-state index >= 15 is 0 Å². The number of hydrogen-bond donors (Lipinski definition) is 1. The molecule has 4 rings (SSSR count). The van der Waals surface area contributed by atoms with E-state index in [2.05, 4.69) is 5.32 Å². The Morgan fingerprint density at radius 3 is 2.13 bits per heavy atom. The lowest BCUT2D eigenvalue weighted by atomic mass is 10.2. The average molecular weight is 578 g/mol. The molecule has 202 valence electrons. The number of anilines is 2. The summed E-state index contributed by atoms with van der Waals surface area (Å²) in [6.45, 7) is 4.27. The van der Waals surface area contributed by atoms with Crippen LogP contribution in [-0.4, -0.2) is 59.9 Å². The summed E-state index contributed by atoms with van der Waals surface area (Å²) in [4.78, 5) is 13.2. The van der Waals surface area contributed by atoms with Gasteiger partial charge in [-0.15, -0.1) is 0 Å². The lowest BCUT2D eigenvalue weighted by molar-refractivity contribution is -0.114. The highest BCUT2D eigenvalue weighted by molar-refractivity contribution is 7.92. The fraction of sp³-hybridized carbons (Fsp3) is 0.269. The maximum atomic E-state index is 13.6. The number of sulfonamides is 2. The van der Waals surface area contributed by atoms with Crippen molar-refractivity contribution in [3.05, 3.63) is 82.9 Å². The van der Waals surface area contributed by atoms with Gasteiger partial charge in [0.1, 0.15) is 6.54 Å². The zero-order chi connectivity index (χ0) is 27.5. The zero-order valence-electron chi connectivity index (χ0n) is 20.9. The van der Waals surface area contributed by atoms with Crippen LogP contribution >= 0.6 is 11.6 Å². The molecular formula is C26H28ClN3O6S2. The summed E-state index contributed by atoms with van der Waals surface area (Å²) in [6.07, 6.45) is 0. The Morgan fingerprint density at radius 1 is 0.921 bits per heavy atom. The molecule has 0 aliphatic carbocycles. The van der Waals surface area contributed by atoms with Crippen molar-refractivity contribution in [2.75, 3.05) is 42.5 Å². The van der Waals surface area contributed by atoms with Gasteiger partial charge in [0, 0.05) is 23.8 Å². The van der Waals surface area contributed by atoms with Gasteiger partial charge in [-0.3, -0.25) is 9.10 Å². The summed E-state index contributed by atoms with van der Waals surface area (Å²) in [7, 11) is -7.78. The third-order valence-electron chi connectivity index (χ3n) is 6.07. The fourth-order valence-electron chi connectivity index (χ4n) is 4.01. The van der Waals surface area contributed by atoms with Crippen LogP contribution in [0.1, 0.15) is 11.1 Å². The molecule has 0 unspecified atom stereocenters. The third kappa shape index (κ3) is 6.19. The molecule has 1 amide bonds. The molecule has 1 fully saturated rings. The quantitative estimate of drug-likeness (QED) is 0.435. The number of aryl methyl sites for hydroxylation is 2. The molecular weight excluding hydrogens is 550 g/mol. The molecule has 1 aliphatic heterocycles. The van der Waals surface area contributed by atoms with E-state index in [1.165, 1.54) is 40.7 Å². The van der Waals surface area contributed by atoms with Gasteiger partial charge in [0.05, 0.1) is 28.7 Å². The molecule has 0 atom stereocenters. The SMILES string of the molecule is Cc1ccc(S(=O)(=O)N(CC(=O)Nc2ccc(S(=O)(=O)N3CCOCC3)cc2)c2ccc(Cl)cc2C)cc1. The van der Waals surface area contributed by atoms with Crippen LogP contribution in [0.5, 0.6) is 0 Å². The predicted molar refractivity (Wildman–Crippen MR) is 147 cm³/mol. The van der Waals surface area contributed by atoms with Gasteiger partial charge < -0.3 is 10.1 Å². The normalized spacial score (nSPS) is 14.7. The number of nitrogens with one attached hydrogen (secondary N) is 1. The van der Waals surface area contributed by atoms with Crippen LogP contribution in [0.2, 0.25) is 5.02 Å². The van der Waals surface area contributed by atoms with E-state index in [0.717, 1.165) is 9.87 Å². The number of nitrogens with zero attached hydrogens (tertiary/aromatic N) is 2. The van der Waals surface area contributed by atoms with Crippen molar-refractivity contribution in [2.45, 2.75) is 23.6 Å². The second kappa shape index (κ2) is 11.4. The number of morpholine rings is 1. The first-order valence-corrected chi connectivity index (χ1v) is 15.1. The Labute approximate surface area is 228 Å². The Bertz CT molecular complexity index is 1520. The van der Waals surface area contributed by atoms with Gasteiger partial charge in [0.15, 0.2) is 0 Å². The highest BCUT2D eigenvalue weighted by Crippen LogP contribution is 2.29. The van der Waals surface area contributed by atoms with Gasteiger partial charge in [-0.1, -0.05) is 29.3 Å². The highest BCUT2D eigenvalue weighted by atomic mass is 35.5. The van der Waals surface area contributed by atoms with E-state index in [0.29, 0.717) is 35.2 Å². The number of carbonyl (C=O) groups excluding carboxylic acids is 1. The number of carbonyl (C=O) groups is 1. The molecule has 38 heavy (non-hydrogen) atoms. The first kappa shape index (κ1) is 28.1. The molecule has 1 aliphatic rings. The molecule has 0 saturated carbocycles. The highest BCUT2D eigenvalue weighted by Gasteiger charge is 2.29. The molecule has 0 aromatic heterocycles. The van der Waals surface area contributed by atoms with E-state index in [1.807, 2.05) is 6.92 Å². The second-order valence-electron chi connectivity index (χ2n) is 8.84. The smallest absolute Gasteiger partial charge is 0.264 e. The van der Waals surface area contributed by atoms with Crippen LogP contribution in [0.15, 0.2) is 76.5 Å². The van der Waals surface area contributed by atoms with Gasteiger partial charge >= 0.3 is 0 Å². The van der Waals surface area contributed by atoms with E-state index in [1.54, 1.807) is 37.3 Å². The summed E-state index contributed by atoms with van der Waals surface area (Å²) in [6, 6.07) is 16.9. The van der Waals surface area contributed by atoms with Crippen molar-refractivity contribution in [1.29, 1.82) is 0 Å².